The predicted molar refractivity (Wildman–Crippen MR) is 79.0 cm³/mol. The third-order valence-corrected chi connectivity index (χ3v) is 4.12. The van der Waals surface area contributed by atoms with Crippen molar-refractivity contribution in [2.75, 3.05) is 19.3 Å². The number of hydrogen-bond acceptors (Lipinski definition) is 5. The highest BCUT2D eigenvalue weighted by Crippen LogP contribution is 2.25. The van der Waals surface area contributed by atoms with Crippen molar-refractivity contribution in [2.24, 2.45) is 13.0 Å². The summed E-state index contributed by atoms with van der Waals surface area (Å²) >= 11 is 0. The van der Waals surface area contributed by atoms with E-state index < -0.39 is 0 Å². The van der Waals surface area contributed by atoms with E-state index >= 15 is 0 Å². The number of nitrogens with two attached hydrogens (primary N) is 1. The van der Waals surface area contributed by atoms with Crippen LogP contribution in [0.2, 0.25) is 0 Å². The molecule has 0 saturated heterocycles. The molecule has 20 heavy (non-hydrogen) atoms. The molecule has 0 spiro atoms. The van der Waals surface area contributed by atoms with Crippen LogP contribution in [-0.2, 0) is 13.6 Å². The fourth-order valence-electron chi connectivity index (χ4n) is 3.10. The molecule has 0 amide bonds. The van der Waals surface area contributed by atoms with Crippen molar-refractivity contribution in [3.63, 3.8) is 0 Å². The van der Waals surface area contributed by atoms with Gasteiger partial charge in [0.25, 0.3) is 0 Å². The van der Waals surface area contributed by atoms with Gasteiger partial charge in [0.15, 0.2) is 5.65 Å². The Morgan fingerprint density at radius 1 is 1.35 bits per heavy atom. The van der Waals surface area contributed by atoms with E-state index in [2.05, 4.69) is 27.0 Å². The zero-order valence-electron chi connectivity index (χ0n) is 12.2. The summed E-state index contributed by atoms with van der Waals surface area (Å²) in [6.07, 6.45) is 7.19. The van der Waals surface area contributed by atoms with Gasteiger partial charge in [-0.2, -0.15) is 5.10 Å². The Morgan fingerprint density at radius 2 is 2.10 bits per heavy atom. The van der Waals surface area contributed by atoms with Crippen molar-refractivity contribution in [2.45, 2.75) is 32.2 Å². The fourth-order valence-corrected chi connectivity index (χ4v) is 3.10. The second kappa shape index (κ2) is 5.36. The monoisotopic (exact) mass is 274 g/mol. The lowest BCUT2D eigenvalue weighted by atomic mass is 10.1. The van der Waals surface area contributed by atoms with Crippen LogP contribution >= 0.6 is 0 Å². The number of anilines is 1. The summed E-state index contributed by atoms with van der Waals surface area (Å²) in [4.78, 5) is 11.3. The van der Waals surface area contributed by atoms with Gasteiger partial charge in [-0.15, -0.1) is 0 Å². The summed E-state index contributed by atoms with van der Waals surface area (Å²) in [7, 11) is 4.01. The third-order valence-electron chi connectivity index (χ3n) is 4.12. The molecule has 0 bridgehead atoms. The molecular weight excluding hydrogens is 252 g/mol. The Morgan fingerprint density at radius 3 is 2.85 bits per heavy atom. The first kappa shape index (κ1) is 13.3. The Hall–Kier alpha value is -1.69. The van der Waals surface area contributed by atoms with Gasteiger partial charge >= 0.3 is 0 Å². The highest BCUT2D eigenvalue weighted by atomic mass is 15.3. The minimum atomic E-state index is 0.521. The van der Waals surface area contributed by atoms with Gasteiger partial charge in [-0.25, -0.2) is 9.97 Å². The summed E-state index contributed by atoms with van der Waals surface area (Å²) in [5, 5.41) is 5.01. The van der Waals surface area contributed by atoms with Gasteiger partial charge in [0.1, 0.15) is 11.6 Å². The number of rotatable bonds is 4. The molecule has 1 fully saturated rings. The van der Waals surface area contributed by atoms with Crippen LogP contribution in [0, 0.1) is 5.92 Å². The molecule has 0 aromatic carbocycles. The number of nitrogen functional groups attached to an aromatic ring is 1. The number of fused-ring (bicyclic) bond motifs is 1. The zero-order chi connectivity index (χ0) is 14.1. The minimum absolute atomic E-state index is 0.521. The highest BCUT2D eigenvalue weighted by Gasteiger charge is 2.18. The Kier molecular flexibility index (Phi) is 3.56. The van der Waals surface area contributed by atoms with E-state index in [0.717, 1.165) is 35.9 Å². The Bertz CT molecular complexity index is 599. The molecule has 1 saturated carbocycles. The van der Waals surface area contributed by atoms with Crippen molar-refractivity contribution < 1.29 is 0 Å². The summed E-state index contributed by atoms with van der Waals surface area (Å²) in [6, 6.07) is 0. The molecule has 1 aliphatic carbocycles. The lowest BCUT2D eigenvalue weighted by Gasteiger charge is -2.20. The van der Waals surface area contributed by atoms with Gasteiger partial charge in [-0.3, -0.25) is 9.58 Å². The smallest absolute Gasteiger partial charge is 0.163 e. The number of nitrogens with zero attached hydrogens (tertiary/aromatic N) is 5. The molecule has 0 unspecified atom stereocenters. The predicted octanol–water partition coefficient (Wildman–Crippen LogP) is 1.57. The van der Waals surface area contributed by atoms with Crippen LogP contribution in [0.3, 0.4) is 0 Å². The Labute approximate surface area is 119 Å². The normalized spacial score (nSPS) is 16.6. The molecule has 1 aliphatic rings. The van der Waals surface area contributed by atoms with E-state index in [0.29, 0.717) is 5.82 Å². The van der Waals surface area contributed by atoms with Crippen LogP contribution < -0.4 is 5.73 Å². The molecule has 0 radical (unpaired) electrons. The van der Waals surface area contributed by atoms with Gasteiger partial charge in [0.2, 0.25) is 0 Å². The fraction of sp³-hybridized carbons (Fsp3) is 0.643. The topological polar surface area (TPSA) is 72.9 Å². The maximum absolute atomic E-state index is 5.99. The lowest BCUT2D eigenvalue weighted by Crippen LogP contribution is -2.25. The van der Waals surface area contributed by atoms with Crippen molar-refractivity contribution >= 4 is 16.9 Å². The van der Waals surface area contributed by atoms with Crippen molar-refractivity contribution in [3.05, 3.63) is 12.0 Å². The molecule has 0 atom stereocenters. The van der Waals surface area contributed by atoms with Gasteiger partial charge in [0, 0.05) is 13.6 Å². The molecule has 0 aliphatic heterocycles. The van der Waals surface area contributed by atoms with E-state index in [4.69, 9.17) is 5.73 Å². The van der Waals surface area contributed by atoms with Crippen LogP contribution in [0.15, 0.2) is 6.20 Å². The van der Waals surface area contributed by atoms with Crippen molar-refractivity contribution in [1.82, 2.24) is 24.6 Å². The van der Waals surface area contributed by atoms with E-state index in [9.17, 15) is 0 Å². The van der Waals surface area contributed by atoms with Crippen LogP contribution in [0.25, 0.3) is 11.0 Å². The first-order chi connectivity index (χ1) is 9.63. The molecule has 3 rings (SSSR count). The standard InChI is InChI=1S/C14H22N6/c1-19(8-10-5-3-4-6-10)9-12-17-13(15)11-7-16-20(2)14(11)18-12/h7,10H,3-6,8-9H2,1-2H3,(H2,15,17,18). The van der Waals surface area contributed by atoms with Crippen LogP contribution in [0.5, 0.6) is 0 Å². The molecule has 2 aromatic heterocycles. The summed E-state index contributed by atoms with van der Waals surface area (Å²) in [5.41, 5.74) is 6.79. The maximum atomic E-state index is 5.99. The van der Waals surface area contributed by atoms with E-state index in [1.807, 2.05) is 7.05 Å². The maximum Gasteiger partial charge on any atom is 0.163 e. The summed E-state index contributed by atoms with van der Waals surface area (Å²) in [6.45, 7) is 1.86. The number of hydrogen-bond donors (Lipinski definition) is 1. The van der Waals surface area contributed by atoms with Gasteiger partial charge in [0.05, 0.1) is 18.1 Å². The second-order valence-corrected chi connectivity index (χ2v) is 5.88. The quantitative estimate of drug-likeness (QED) is 0.916. The Balaban J connectivity index is 1.74. The largest absolute Gasteiger partial charge is 0.383 e. The molecule has 2 aromatic rings. The zero-order valence-corrected chi connectivity index (χ0v) is 12.2. The average Bonchev–Trinajstić information content (AvgIpc) is 3.00. The van der Waals surface area contributed by atoms with Gasteiger partial charge in [-0.05, 0) is 25.8 Å². The molecule has 2 N–H and O–H groups in total. The van der Waals surface area contributed by atoms with Gasteiger partial charge in [-0.1, -0.05) is 12.8 Å². The van der Waals surface area contributed by atoms with E-state index in [1.54, 1.807) is 10.9 Å². The summed E-state index contributed by atoms with van der Waals surface area (Å²) < 4.78 is 1.74. The highest BCUT2D eigenvalue weighted by molar-refractivity contribution is 5.84. The van der Waals surface area contributed by atoms with E-state index in [1.165, 1.54) is 25.7 Å². The van der Waals surface area contributed by atoms with Crippen LogP contribution in [-0.4, -0.2) is 38.2 Å². The van der Waals surface area contributed by atoms with E-state index in [-0.39, 0.29) is 0 Å². The van der Waals surface area contributed by atoms with Crippen molar-refractivity contribution in [1.29, 1.82) is 0 Å². The minimum Gasteiger partial charge on any atom is -0.383 e. The van der Waals surface area contributed by atoms with Crippen molar-refractivity contribution in [3.8, 4) is 0 Å². The third kappa shape index (κ3) is 2.60. The average molecular weight is 274 g/mol. The molecular formula is C14H22N6. The lowest BCUT2D eigenvalue weighted by molar-refractivity contribution is 0.266. The first-order valence-corrected chi connectivity index (χ1v) is 7.26. The SMILES string of the molecule is CN(Cc1nc(N)c2cnn(C)c2n1)CC1CCCC1. The summed E-state index contributed by atoms with van der Waals surface area (Å²) in [5.74, 6) is 2.13. The number of aryl methyl sites for hydroxylation is 1. The van der Waals surface area contributed by atoms with Crippen LogP contribution in [0.4, 0.5) is 5.82 Å². The number of aromatic nitrogens is 4. The molecule has 108 valence electrons. The van der Waals surface area contributed by atoms with Gasteiger partial charge < -0.3 is 5.73 Å². The van der Waals surface area contributed by atoms with Crippen LogP contribution in [0.1, 0.15) is 31.5 Å². The first-order valence-electron chi connectivity index (χ1n) is 7.26. The molecule has 2 heterocycles. The molecule has 6 nitrogen and oxygen atoms in total. The molecule has 6 heteroatoms. The second-order valence-electron chi connectivity index (χ2n) is 5.88.